The van der Waals surface area contributed by atoms with E-state index in [1.54, 1.807) is 12.0 Å². The molecule has 0 aliphatic carbocycles. The van der Waals surface area contributed by atoms with Crippen molar-refractivity contribution in [2.75, 3.05) is 38.2 Å². The minimum Gasteiger partial charge on any atom is -0.497 e. The van der Waals surface area contributed by atoms with E-state index in [1.807, 2.05) is 24.3 Å². The second-order valence-corrected chi connectivity index (χ2v) is 6.33. The van der Waals surface area contributed by atoms with Gasteiger partial charge in [-0.2, -0.15) is 0 Å². The molecule has 0 N–H and O–H groups in total. The zero-order chi connectivity index (χ0) is 18.7. The molecule has 0 aromatic heterocycles. The van der Waals surface area contributed by atoms with Crippen LogP contribution in [0, 0.1) is 10.1 Å². The van der Waals surface area contributed by atoms with Gasteiger partial charge in [0.1, 0.15) is 11.3 Å². The lowest BCUT2D eigenvalue weighted by Crippen LogP contribution is -2.48. The van der Waals surface area contributed by atoms with E-state index in [1.165, 1.54) is 18.2 Å². The number of piperazine rings is 1. The number of halogens is 1. The molecule has 136 valence electrons. The molecule has 1 fully saturated rings. The summed E-state index contributed by atoms with van der Waals surface area (Å²) < 4.78 is 5.16. The summed E-state index contributed by atoms with van der Waals surface area (Å²) in [6, 6.07) is 11.9. The second kappa shape index (κ2) is 7.61. The van der Waals surface area contributed by atoms with Gasteiger partial charge in [-0.15, -0.1) is 0 Å². The van der Waals surface area contributed by atoms with E-state index in [2.05, 4.69) is 4.90 Å². The highest BCUT2D eigenvalue weighted by Gasteiger charge is 2.27. The number of nitro benzene ring substituents is 1. The fourth-order valence-electron chi connectivity index (χ4n) is 2.97. The van der Waals surface area contributed by atoms with Gasteiger partial charge in [0.15, 0.2) is 0 Å². The molecule has 0 saturated carbocycles. The van der Waals surface area contributed by atoms with Gasteiger partial charge in [0, 0.05) is 43.0 Å². The van der Waals surface area contributed by atoms with Crippen molar-refractivity contribution in [2.45, 2.75) is 0 Å². The van der Waals surface area contributed by atoms with E-state index in [0.717, 1.165) is 11.4 Å². The van der Waals surface area contributed by atoms with Gasteiger partial charge in [0.25, 0.3) is 11.6 Å². The number of methoxy groups -OCH3 is 1. The first-order valence-electron chi connectivity index (χ1n) is 8.12. The molecule has 1 aliphatic rings. The Morgan fingerprint density at radius 3 is 2.35 bits per heavy atom. The predicted molar refractivity (Wildman–Crippen MR) is 99.2 cm³/mol. The molecule has 0 bridgehead atoms. The van der Waals surface area contributed by atoms with Crippen LogP contribution in [0.1, 0.15) is 10.4 Å². The lowest BCUT2D eigenvalue weighted by atomic mass is 10.1. The van der Waals surface area contributed by atoms with Gasteiger partial charge in [-0.25, -0.2) is 0 Å². The summed E-state index contributed by atoms with van der Waals surface area (Å²) in [4.78, 5) is 27.1. The molecular formula is C18H18ClN3O4. The van der Waals surface area contributed by atoms with Crippen LogP contribution in [0.15, 0.2) is 42.5 Å². The van der Waals surface area contributed by atoms with Crippen molar-refractivity contribution < 1.29 is 14.5 Å². The maximum Gasteiger partial charge on any atom is 0.283 e. The molecular weight excluding hydrogens is 358 g/mol. The SMILES string of the molecule is COc1ccc(N2CCN(C(=O)c3ccc(Cl)cc3[N+](=O)[O-])CC2)cc1. The first-order chi connectivity index (χ1) is 12.5. The summed E-state index contributed by atoms with van der Waals surface area (Å²) in [6.45, 7) is 2.29. The first kappa shape index (κ1) is 18.0. The standard InChI is InChI=1S/C18H18ClN3O4/c1-26-15-5-3-14(4-6-15)20-8-10-21(11-9-20)18(23)16-7-2-13(19)12-17(16)22(24)25/h2-7,12H,8-11H2,1H3. The molecule has 1 aliphatic heterocycles. The molecule has 0 spiro atoms. The fourth-order valence-corrected chi connectivity index (χ4v) is 3.13. The molecule has 26 heavy (non-hydrogen) atoms. The number of anilines is 1. The second-order valence-electron chi connectivity index (χ2n) is 5.90. The van der Waals surface area contributed by atoms with Crippen molar-refractivity contribution in [3.63, 3.8) is 0 Å². The fraction of sp³-hybridized carbons (Fsp3) is 0.278. The Hall–Kier alpha value is -2.80. The van der Waals surface area contributed by atoms with Crippen LogP contribution >= 0.6 is 11.6 Å². The number of carbonyl (C=O) groups is 1. The van der Waals surface area contributed by atoms with Gasteiger partial charge in [-0.05, 0) is 36.4 Å². The summed E-state index contributed by atoms with van der Waals surface area (Å²) in [6.07, 6.45) is 0. The molecule has 7 nitrogen and oxygen atoms in total. The van der Waals surface area contributed by atoms with E-state index < -0.39 is 4.92 Å². The maximum absolute atomic E-state index is 12.7. The minimum absolute atomic E-state index is 0.0669. The average Bonchev–Trinajstić information content (AvgIpc) is 2.67. The Labute approximate surface area is 155 Å². The number of carbonyl (C=O) groups excluding carboxylic acids is 1. The highest BCUT2D eigenvalue weighted by Crippen LogP contribution is 2.26. The molecule has 0 atom stereocenters. The Morgan fingerprint density at radius 2 is 1.77 bits per heavy atom. The molecule has 3 rings (SSSR count). The highest BCUT2D eigenvalue weighted by atomic mass is 35.5. The molecule has 2 aromatic rings. The normalized spacial score (nSPS) is 14.2. The van der Waals surface area contributed by atoms with E-state index in [-0.39, 0.29) is 22.2 Å². The van der Waals surface area contributed by atoms with Crippen LogP contribution in [0.25, 0.3) is 0 Å². The lowest BCUT2D eigenvalue weighted by molar-refractivity contribution is -0.385. The van der Waals surface area contributed by atoms with Crippen LogP contribution in [0.3, 0.4) is 0 Å². The molecule has 1 amide bonds. The summed E-state index contributed by atoms with van der Waals surface area (Å²) >= 11 is 5.81. The molecule has 1 heterocycles. The summed E-state index contributed by atoms with van der Waals surface area (Å²) in [5, 5.41) is 11.4. The van der Waals surface area contributed by atoms with Gasteiger partial charge >= 0.3 is 0 Å². The van der Waals surface area contributed by atoms with Gasteiger partial charge in [-0.1, -0.05) is 11.6 Å². The van der Waals surface area contributed by atoms with Gasteiger partial charge in [-0.3, -0.25) is 14.9 Å². The maximum atomic E-state index is 12.7. The van der Waals surface area contributed by atoms with Crippen LogP contribution in [0.2, 0.25) is 5.02 Å². The third kappa shape index (κ3) is 3.72. The Kier molecular flexibility index (Phi) is 5.27. The average molecular weight is 376 g/mol. The number of hydrogen-bond donors (Lipinski definition) is 0. The molecule has 0 radical (unpaired) electrons. The van der Waals surface area contributed by atoms with Crippen LogP contribution in [-0.4, -0.2) is 49.0 Å². The molecule has 2 aromatic carbocycles. The topological polar surface area (TPSA) is 75.9 Å². The number of benzene rings is 2. The van der Waals surface area contributed by atoms with E-state index in [0.29, 0.717) is 26.2 Å². The minimum atomic E-state index is -0.577. The summed E-state index contributed by atoms with van der Waals surface area (Å²) in [7, 11) is 1.62. The van der Waals surface area contributed by atoms with E-state index >= 15 is 0 Å². The van der Waals surface area contributed by atoms with Crippen LogP contribution in [-0.2, 0) is 0 Å². The summed E-state index contributed by atoms with van der Waals surface area (Å²) in [5.41, 5.74) is 0.854. The molecule has 1 saturated heterocycles. The number of nitro groups is 1. The Morgan fingerprint density at radius 1 is 1.12 bits per heavy atom. The van der Waals surface area contributed by atoms with Gasteiger partial charge in [0.2, 0.25) is 0 Å². The number of hydrogen-bond acceptors (Lipinski definition) is 5. The van der Waals surface area contributed by atoms with Crippen LogP contribution in [0.4, 0.5) is 11.4 Å². The first-order valence-corrected chi connectivity index (χ1v) is 8.49. The zero-order valence-corrected chi connectivity index (χ0v) is 15.0. The van der Waals surface area contributed by atoms with Crippen molar-refractivity contribution in [2.24, 2.45) is 0 Å². The van der Waals surface area contributed by atoms with Crippen LogP contribution in [0.5, 0.6) is 5.75 Å². The van der Waals surface area contributed by atoms with Crippen molar-refractivity contribution in [3.8, 4) is 5.75 Å². The quantitative estimate of drug-likeness (QED) is 0.605. The van der Waals surface area contributed by atoms with Crippen molar-refractivity contribution in [1.29, 1.82) is 0 Å². The highest BCUT2D eigenvalue weighted by molar-refractivity contribution is 6.31. The van der Waals surface area contributed by atoms with Crippen LogP contribution < -0.4 is 9.64 Å². The van der Waals surface area contributed by atoms with Crippen molar-refractivity contribution in [3.05, 3.63) is 63.2 Å². The predicted octanol–water partition coefficient (Wildman–Crippen LogP) is 3.22. The number of amides is 1. The number of ether oxygens (including phenoxy) is 1. The monoisotopic (exact) mass is 375 g/mol. The van der Waals surface area contributed by atoms with E-state index in [9.17, 15) is 14.9 Å². The Bertz CT molecular complexity index is 818. The molecule has 0 unspecified atom stereocenters. The third-order valence-corrected chi connectivity index (χ3v) is 4.63. The zero-order valence-electron chi connectivity index (χ0n) is 14.2. The van der Waals surface area contributed by atoms with Gasteiger partial charge < -0.3 is 14.5 Å². The smallest absolute Gasteiger partial charge is 0.283 e. The van der Waals surface area contributed by atoms with E-state index in [4.69, 9.17) is 16.3 Å². The Balaban J connectivity index is 1.70. The largest absolute Gasteiger partial charge is 0.497 e. The van der Waals surface area contributed by atoms with Crippen molar-refractivity contribution >= 4 is 28.9 Å². The number of rotatable bonds is 4. The summed E-state index contributed by atoms with van der Waals surface area (Å²) in [5.74, 6) is 0.445. The van der Waals surface area contributed by atoms with Gasteiger partial charge in [0.05, 0.1) is 12.0 Å². The lowest BCUT2D eigenvalue weighted by Gasteiger charge is -2.36. The number of nitrogens with zero attached hydrogens (tertiary/aromatic N) is 3. The third-order valence-electron chi connectivity index (χ3n) is 4.39. The van der Waals surface area contributed by atoms with Crippen molar-refractivity contribution in [1.82, 2.24) is 4.90 Å². The molecule has 8 heteroatoms.